The summed E-state index contributed by atoms with van der Waals surface area (Å²) in [5.74, 6) is 1.34. The van der Waals surface area contributed by atoms with E-state index in [1.165, 1.54) is 19.8 Å². The highest BCUT2D eigenvalue weighted by molar-refractivity contribution is 7.11. The van der Waals surface area contributed by atoms with Crippen molar-refractivity contribution >= 4 is 30.4 Å². The summed E-state index contributed by atoms with van der Waals surface area (Å²) in [6, 6.07) is 0. The number of esters is 1. The van der Waals surface area contributed by atoms with Crippen LogP contribution >= 0.6 is 11.3 Å². The lowest BCUT2D eigenvalue weighted by Gasteiger charge is -2.14. The third-order valence-electron chi connectivity index (χ3n) is 2.70. The first kappa shape index (κ1) is 15.4. The Balaban J connectivity index is 2.75. The van der Waals surface area contributed by atoms with Crippen molar-refractivity contribution in [2.24, 2.45) is 5.92 Å². The molecule has 0 aliphatic rings. The van der Waals surface area contributed by atoms with Crippen molar-refractivity contribution < 1.29 is 14.3 Å². The number of aromatic nitrogens is 1. The standard InChI is InChI=1S/C12H14BN2O3S/c1-7(2)8(13-6-14)4-10(16)11-15-9(5-19-11)12(17)18-3/h5,7-8H,4H2,1-3H3. The third-order valence-corrected chi connectivity index (χ3v) is 3.59. The quantitative estimate of drug-likeness (QED) is 0.452. The van der Waals surface area contributed by atoms with Gasteiger partial charge in [0.2, 0.25) is 0 Å². The van der Waals surface area contributed by atoms with Crippen LogP contribution in [0.1, 0.15) is 40.6 Å². The Kier molecular flexibility index (Phi) is 5.71. The molecule has 1 radical (unpaired) electrons. The molecule has 0 spiro atoms. The van der Waals surface area contributed by atoms with Gasteiger partial charge in [0.1, 0.15) is 0 Å². The zero-order valence-corrected chi connectivity index (χ0v) is 11.9. The second-order valence-electron chi connectivity index (χ2n) is 4.36. The number of ether oxygens (including phenoxy) is 1. The largest absolute Gasteiger partial charge is 0.464 e. The molecule has 1 heterocycles. The van der Waals surface area contributed by atoms with Crippen LogP contribution in [0.2, 0.25) is 5.82 Å². The topological polar surface area (TPSA) is 80.0 Å². The monoisotopic (exact) mass is 277 g/mol. The SMILES string of the molecule is COC(=O)c1csc(C(=O)CC([B]C#N)C(C)C)n1. The zero-order valence-electron chi connectivity index (χ0n) is 11.0. The van der Waals surface area contributed by atoms with Crippen LogP contribution in [0.25, 0.3) is 0 Å². The number of Topliss-reactive ketones (excluding diaryl/α,β-unsaturated/α-hetero) is 1. The second-order valence-corrected chi connectivity index (χ2v) is 5.22. The average molecular weight is 277 g/mol. The molecule has 0 saturated heterocycles. The highest BCUT2D eigenvalue weighted by Crippen LogP contribution is 2.24. The summed E-state index contributed by atoms with van der Waals surface area (Å²) in [6.45, 7) is 3.90. The molecule has 1 aromatic rings. The van der Waals surface area contributed by atoms with Gasteiger partial charge in [-0.05, 0) is 17.7 Å². The van der Waals surface area contributed by atoms with Crippen molar-refractivity contribution in [3.63, 3.8) is 0 Å². The number of carbonyl (C=O) groups excluding carboxylic acids is 2. The number of hydrogen-bond acceptors (Lipinski definition) is 6. The molecule has 19 heavy (non-hydrogen) atoms. The van der Waals surface area contributed by atoms with Crippen molar-refractivity contribution in [1.82, 2.24) is 4.98 Å². The average Bonchev–Trinajstić information content (AvgIpc) is 2.86. The lowest BCUT2D eigenvalue weighted by Crippen LogP contribution is -2.14. The van der Waals surface area contributed by atoms with Crippen molar-refractivity contribution in [3.05, 3.63) is 16.1 Å². The van der Waals surface area contributed by atoms with Gasteiger partial charge in [-0.2, -0.15) is 0 Å². The Morgan fingerprint density at radius 2 is 2.26 bits per heavy atom. The molecule has 0 aliphatic carbocycles. The maximum Gasteiger partial charge on any atom is 0.357 e. The molecule has 99 valence electrons. The van der Waals surface area contributed by atoms with Crippen molar-refractivity contribution in [2.45, 2.75) is 26.1 Å². The fourth-order valence-electron chi connectivity index (χ4n) is 1.48. The highest BCUT2D eigenvalue weighted by atomic mass is 32.1. The van der Waals surface area contributed by atoms with Crippen LogP contribution in [0.5, 0.6) is 0 Å². The summed E-state index contributed by atoms with van der Waals surface area (Å²) in [5, 5.41) is 10.5. The summed E-state index contributed by atoms with van der Waals surface area (Å²) in [6.07, 6.45) is 0.222. The number of carbonyl (C=O) groups is 2. The first-order chi connectivity index (χ1) is 8.99. The van der Waals surface area contributed by atoms with Gasteiger partial charge in [0.05, 0.1) is 7.11 Å². The summed E-state index contributed by atoms with van der Waals surface area (Å²) in [4.78, 5) is 27.2. The van der Waals surface area contributed by atoms with Crippen LogP contribution in [0, 0.1) is 17.1 Å². The van der Waals surface area contributed by atoms with E-state index in [1.54, 1.807) is 0 Å². The molecule has 0 N–H and O–H groups in total. The molecule has 0 fully saturated rings. The first-order valence-electron chi connectivity index (χ1n) is 5.79. The van der Waals surface area contributed by atoms with E-state index < -0.39 is 5.97 Å². The van der Waals surface area contributed by atoms with Crippen LogP contribution in [-0.4, -0.2) is 31.1 Å². The van der Waals surface area contributed by atoms with E-state index >= 15 is 0 Å². The molecule has 1 atom stereocenters. The van der Waals surface area contributed by atoms with Crippen LogP contribution in [0.15, 0.2) is 5.38 Å². The smallest absolute Gasteiger partial charge is 0.357 e. The second kappa shape index (κ2) is 7.05. The van der Waals surface area contributed by atoms with Gasteiger partial charge < -0.3 is 4.74 Å². The third kappa shape index (κ3) is 4.18. The van der Waals surface area contributed by atoms with Gasteiger partial charge >= 0.3 is 5.97 Å². The number of methoxy groups -OCH3 is 1. The Hall–Kier alpha value is -1.68. The molecule has 0 saturated carbocycles. The van der Waals surface area contributed by atoms with Gasteiger partial charge in [0.15, 0.2) is 16.5 Å². The Labute approximate surface area is 116 Å². The van der Waals surface area contributed by atoms with Crippen LogP contribution in [0.4, 0.5) is 0 Å². The fraction of sp³-hybridized carbons (Fsp3) is 0.500. The number of thiazole rings is 1. The molecule has 0 amide bonds. The number of ketones is 1. The highest BCUT2D eigenvalue weighted by Gasteiger charge is 2.22. The van der Waals surface area contributed by atoms with Crippen LogP contribution in [-0.2, 0) is 4.74 Å². The molecule has 0 bridgehead atoms. The van der Waals surface area contributed by atoms with E-state index in [-0.39, 0.29) is 34.6 Å². The molecule has 7 heteroatoms. The lowest BCUT2D eigenvalue weighted by molar-refractivity contribution is 0.0595. The van der Waals surface area contributed by atoms with Gasteiger partial charge in [-0.25, -0.2) is 15.0 Å². The minimum Gasteiger partial charge on any atom is -0.464 e. The van der Waals surface area contributed by atoms with Crippen LogP contribution < -0.4 is 0 Å². The molecular formula is C12H14BN2O3S. The Morgan fingerprint density at radius 1 is 1.58 bits per heavy atom. The molecule has 1 aromatic heterocycles. The minimum absolute atomic E-state index is 0.108. The molecule has 0 aromatic carbocycles. The van der Waals surface area contributed by atoms with Crippen LogP contribution in [0.3, 0.4) is 0 Å². The van der Waals surface area contributed by atoms with Crippen molar-refractivity contribution in [2.75, 3.05) is 7.11 Å². The summed E-state index contributed by atoms with van der Waals surface area (Å²) in [7, 11) is 2.73. The number of hydrogen-bond donors (Lipinski definition) is 0. The summed E-state index contributed by atoms with van der Waals surface area (Å²) < 4.78 is 4.53. The van der Waals surface area contributed by atoms with Gasteiger partial charge in [-0.3, -0.25) is 4.79 Å². The molecular weight excluding hydrogens is 263 g/mol. The van der Waals surface area contributed by atoms with E-state index in [4.69, 9.17) is 5.26 Å². The molecule has 1 rings (SSSR count). The van der Waals surface area contributed by atoms with E-state index in [0.29, 0.717) is 0 Å². The van der Waals surface area contributed by atoms with Gasteiger partial charge in [0, 0.05) is 11.8 Å². The van der Waals surface area contributed by atoms with E-state index in [0.717, 1.165) is 11.3 Å². The minimum atomic E-state index is -0.556. The predicted molar refractivity (Wildman–Crippen MR) is 72.4 cm³/mol. The van der Waals surface area contributed by atoms with Gasteiger partial charge in [0.25, 0.3) is 7.28 Å². The van der Waals surface area contributed by atoms with Crippen molar-refractivity contribution in [1.29, 1.82) is 5.26 Å². The Morgan fingerprint density at radius 3 is 2.79 bits per heavy atom. The summed E-state index contributed by atoms with van der Waals surface area (Å²) in [5.41, 5.74) is 0.140. The maximum absolute atomic E-state index is 12.0. The number of nitriles is 1. The normalized spacial score (nSPS) is 11.7. The summed E-state index contributed by atoms with van der Waals surface area (Å²) >= 11 is 1.11. The van der Waals surface area contributed by atoms with Gasteiger partial charge in [-0.15, -0.1) is 11.3 Å². The lowest BCUT2D eigenvalue weighted by atomic mass is 9.59. The molecule has 1 unspecified atom stereocenters. The fourth-order valence-corrected chi connectivity index (χ4v) is 2.22. The van der Waals surface area contributed by atoms with E-state index in [9.17, 15) is 9.59 Å². The van der Waals surface area contributed by atoms with Crippen molar-refractivity contribution in [3.8, 4) is 5.97 Å². The number of rotatable bonds is 6. The van der Waals surface area contributed by atoms with E-state index in [2.05, 4.69) is 9.72 Å². The zero-order chi connectivity index (χ0) is 14.4. The van der Waals surface area contributed by atoms with Gasteiger partial charge in [-0.1, -0.05) is 13.8 Å². The number of nitrogens with zero attached hydrogens (tertiary/aromatic N) is 2. The molecule has 0 aliphatic heterocycles. The molecule has 5 nitrogen and oxygen atoms in total. The first-order valence-corrected chi connectivity index (χ1v) is 6.67. The van der Waals surface area contributed by atoms with E-state index in [1.807, 2.05) is 19.8 Å². The predicted octanol–water partition coefficient (Wildman–Crippen LogP) is 2.13. The maximum atomic E-state index is 12.0. The Bertz CT molecular complexity index is 507.